The van der Waals surface area contributed by atoms with E-state index in [2.05, 4.69) is 16.2 Å². The minimum Gasteiger partial charge on any atom is -0.490 e. The van der Waals surface area contributed by atoms with Crippen LogP contribution in [0.4, 0.5) is 11.4 Å². The van der Waals surface area contributed by atoms with E-state index in [-0.39, 0.29) is 12.5 Å². The van der Waals surface area contributed by atoms with Crippen LogP contribution in [0, 0.1) is 0 Å². The molecule has 0 radical (unpaired) electrons. The van der Waals surface area contributed by atoms with Gasteiger partial charge in [-0.1, -0.05) is 24.3 Å². The topological polar surface area (TPSA) is 97.9 Å². The van der Waals surface area contributed by atoms with Gasteiger partial charge in [-0.3, -0.25) is 4.79 Å². The van der Waals surface area contributed by atoms with E-state index < -0.39 is 5.97 Å². The third kappa shape index (κ3) is 7.53. The fourth-order valence-electron chi connectivity index (χ4n) is 3.06. The van der Waals surface area contributed by atoms with Gasteiger partial charge in [-0.15, -0.1) is 0 Å². The van der Waals surface area contributed by atoms with Crippen LogP contribution in [0.1, 0.15) is 29.8 Å². The molecule has 34 heavy (non-hydrogen) atoms. The minimum absolute atomic E-state index is 0.188. The summed E-state index contributed by atoms with van der Waals surface area (Å²) in [5.41, 5.74) is 9.24. The molecule has 3 aromatic carbocycles. The Morgan fingerprint density at radius 1 is 0.794 bits per heavy atom. The molecule has 3 aromatic rings. The lowest BCUT2D eigenvalue weighted by Gasteiger charge is -2.14. The molecule has 3 N–H and O–H groups in total. The molecular weight excluding hydrogens is 434 g/mol. The maximum atomic E-state index is 12.3. The van der Waals surface area contributed by atoms with E-state index >= 15 is 0 Å². The number of hydrogen-bond donors (Lipinski definition) is 3. The number of carbonyl (C=O) groups excluding carboxylic acids is 2. The van der Waals surface area contributed by atoms with Crippen LogP contribution < -0.4 is 25.6 Å². The Morgan fingerprint density at radius 2 is 1.56 bits per heavy atom. The predicted octanol–water partition coefficient (Wildman–Crippen LogP) is 4.40. The summed E-state index contributed by atoms with van der Waals surface area (Å²) < 4.78 is 16.4. The third-order valence-electron chi connectivity index (χ3n) is 4.65. The molecule has 0 fully saturated rings. The zero-order valence-electron chi connectivity index (χ0n) is 19.3. The van der Waals surface area contributed by atoms with Crippen LogP contribution >= 0.6 is 0 Å². The van der Waals surface area contributed by atoms with E-state index in [4.69, 9.17) is 14.2 Å². The molecule has 0 spiro atoms. The summed E-state index contributed by atoms with van der Waals surface area (Å²) in [4.78, 5) is 24.1. The van der Waals surface area contributed by atoms with Crippen molar-refractivity contribution in [3.8, 4) is 11.5 Å². The van der Waals surface area contributed by atoms with Gasteiger partial charge < -0.3 is 25.0 Å². The monoisotopic (exact) mass is 463 g/mol. The molecule has 0 atom stereocenters. The number of carbonyl (C=O) groups is 2. The average Bonchev–Trinajstić information content (AvgIpc) is 2.85. The normalized spacial score (nSPS) is 10.3. The van der Waals surface area contributed by atoms with E-state index in [1.165, 1.54) is 0 Å². The first-order valence-electron chi connectivity index (χ1n) is 11.1. The van der Waals surface area contributed by atoms with Gasteiger partial charge in [0.2, 0.25) is 0 Å². The molecule has 0 saturated heterocycles. The summed E-state index contributed by atoms with van der Waals surface area (Å²) in [5.74, 6) is 0.313. The van der Waals surface area contributed by atoms with E-state index in [1.54, 1.807) is 37.3 Å². The van der Waals surface area contributed by atoms with Crippen LogP contribution in [-0.2, 0) is 16.1 Å². The number of para-hydroxylation sites is 1. The lowest BCUT2D eigenvalue weighted by Crippen LogP contribution is -2.21. The second-order valence-corrected chi connectivity index (χ2v) is 7.19. The third-order valence-corrected chi connectivity index (χ3v) is 4.65. The number of amides is 1. The smallest absolute Gasteiger partial charge is 0.338 e. The van der Waals surface area contributed by atoms with Gasteiger partial charge in [0, 0.05) is 17.9 Å². The molecule has 0 bridgehead atoms. The van der Waals surface area contributed by atoms with Gasteiger partial charge in [-0.2, -0.15) is 0 Å². The van der Waals surface area contributed by atoms with Crippen molar-refractivity contribution in [3.63, 3.8) is 0 Å². The molecule has 0 heterocycles. The number of anilines is 2. The zero-order chi connectivity index (χ0) is 24.2. The molecule has 3 rings (SSSR count). The van der Waals surface area contributed by atoms with Gasteiger partial charge in [0.05, 0.1) is 18.8 Å². The summed E-state index contributed by atoms with van der Waals surface area (Å²) in [6, 6.07) is 21.9. The lowest BCUT2D eigenvalue weighted by molar-refractivity contribution is -0.118. The van der Waals surface area contributed by atoms with Gasteiger partial charge in [0.1, 0.15) is 0 Å². The van der Waals surface area contributed by atoms with E-state index in [9.17, 15) is 9.59 Å². The summed E-state index contributed by atoms with van der Waals surface area (Å²) in [7, 11) is 0. The van der Waals surface area contributed by atoms with Crippen LogP contribution in [0.3, 0.4) is 0 Å². The van der Waals surface area contributed by atoms with Crippen LogP contribution in [0.15, 0.2) is 72.8 Å². The second kappa shape index (κ2) is 12.9. The van der Waals surface area contributed by atoms with Crippen LogP contribution in [0.2, 0.25) is 0 Å². The Labute approximate surface area is 199 Å². The summed E-state index contributed by atoms with van der Waals surface area (Å²) in [6.07, 6.45) is 0. The summed E-state index contributed by atoms with van der Waals surface area (Å²) in [6.45, 7) is 4.79. The number of rotatable bonds is 12. The van der Waals surface area contributed by atoms with Gasteiger partial charge >= 0.3 is 5.97 Å². The first kappa shape index (κ1) is 24.6. The molecule has 0 aromatic heterocycles. The van der Waals surface area contributed by atoms with Crippen LogP contribution in [-0.4, -0.2) is 31.7 Å². The van der Waals surface area contributed by atoms with Crippen molar-refractivity contribution in [2.45, 2.75) is 20.4 Å². The zero-order valence-corrected chi connectivity index (χ0v) is 19.3. The first-order valence-corrected chi connectivity index (χ1v) is 11.1. The Hall–Kier alpha value is -4.04. The number of ether oxygens (including phenoxy) is 3. The number of nitrogens with one attached hydrogen (secondary N) is 3. The molecule has 0 aliphatic carbocycles. The Kier molecular flexibility index (Phi) is 9.30. The van der Waals surface area contributed by atoms with Crippen LogP contribution in [0.5, 0.6) is 11.5 Å². The fraction of sp³-hybridized carbons (Fsp3) is 0.231. The van der Waals surface area contributed by atoms with Crippen LogP contribution in [0.25, 0.3) is 0 Å². The van der Waals surface area contributed by atoms with Gasteiger partial charge in [-0.25, -0.2) is 10.2 Å². The van der Waals surface area contributed by atoms with E-state index in [1.807, 2.05) is 49.4 Å². The van der Waals surface area contributed by atoms with Gasteiger partial charge in [0.25, 0.3) is 5.91 Å². The molecular formula is C26H29N3O5. The standard InChI is InChI=1S/C26H29N3O5/c1-3-32-24-16-19(17-27-29-22-8-6-5-7-9-22)10-15-23(24)34-18-25(30)28-21-13-11-20(12-14-21)26(31)33-4-2/h5-16,27,29H,3-4,17-18H2,1-2H3,(H,28,30). The van der Waals surface area contributed by atoms with Crippen molar-refractivity contribution in [1.29, 1.82) is 0 Å². The lowest BCUT2D eigenvalue weighted by atomic mass is 10.2. The molecule has 0 aliphatic rings. The van der Waals surface area contributed by atoms with E-state index in [0.717, 1.165) is 11.3 Å². The number of benzene rings is 3. The molecule has 0 aliphatic heterocycles. The highest BCUT2D eigenvalue weighted by Gasteiger charge is 2.11. The molecule has 0 unspecified atom stereocenters. The largest absolute Gasteiger partial charge is 0.490 e. The van der Waals surface area contributed by atoms with Crippen molar-refractivity contribution in [2.75, 3.05) is 30.6 Å². The number of esters is 1. The summed E-state index contributed by atoms with van der Waals surface area (Å²) >= 11 is 0. The highest BCUT2D eigenvalue weighted by molar-refractivity contribution is 5.93. The fourth-order valence-corrected chi connectivity index (χ4v) is 3.06. The first-order chi connectivity index (χ1) is 16.6. The molecule has 178 valence electrons. The Morgan fingerprint density at radius 3 is 2.26 bits per heavy atom. The maximum Gasteiger partial charge on any atom is 0.338 e. The van der Waals surface area contributed by atoms with Crippen molar-refractivity contribution in [3.05, 3.63) is 83.9 Å². The Bertz CT molecular complexity index is 1070. The predicted molar refractivity (Wildman–Crippen MR) is 131 cm³/mol. The minimum atomic E-state index is -0.401. The Balaban J connectivity index is 1.52. The highest BCUT2D eigenvalue weighted by Crippen LogP contribution is 2.28. The molecule has 8 heteroatoms. The van der Waals surface area contributed by atoms with Crippen molar-refractivity contribution in [2.24, 2.45) is 0 Å². The van der Waals surface area contributed by atoms with Crippen molar-refractivity contribution < 1.29 is 23.8 Å². The molecule has 1 amide bonds. The van der Waals surface area contributed by atoms with E-state index in [0.29, 0.717) is 42.5 Å². The highest BCUT2D eigenvalue weighted by atomic mass is 16.5. The van der Waals surface area contributed by atoms with Gasteiger partial charge in [-0.05, 0) is 67.9 Å². The second-order valence-electron chi connectivity index (χ2n) is 7.19. The average molecular weight is 464 g/mol. The van der Waals surface area contributed by atoms with Gasteiger partial charge in [0.15, 0.2) is 18.1 Å². The summed E-state index contributed by atoms with van der Waals surface area (Å²) in [5, 5.41) is 2.74. The quantitative estimate of drug-likeness (QED) is 0.271. The molecule has 8 nitrogen and oxygen atoms in total. The van der Waals surface area contributed by atoms with Crippen molar-refractivity contribution >= 4 is 23.3 Å². The van der Waals surface area contributed by atoms with Crippen molar-refractivity contribution in [1.82, 2.24) is 5.43 Å². The molecule has 0 saturated carbocycles. The SMILES string of the molecule is CCOC(=O)c1ccc(NC(=O)COc2ccc(CNNc3ccccc3)cc2OCC)cc1. The number of hydrogen-bond acceptors (Lipinski definition) is 7. The maximum absolute atomic E-state index is 12.3. The number of hydrazine groups is 1.